The van der Waals surface area contributed by atoms with Crippen LogP contribution in [0.15, 0.2) is 23.0 Å². The topological polar surface area (TPSA) is 32.9 Å². The molecule has 1 rings (SSSR count). The first-order valence-corrected chi connectivity index (χ1v) is 3.01. The molecule has 0 amide bonds. The van der Waals surface area contributed by atoms with Gasteiger partial charge in [0, 0.05) is 11.8 Å². The van der Waals surface area contributed by atoms with E-state index in [2.05, 4.69) is 4.98 Å². The minimum atomic E-state index is -0.0191. The summed E-state index contributed by atoms with van der Waals surface area (Å²) in [7, 11) is 0. The molecule has 1 N–H and O–H groups in total. The van der Waals surface area contributed by atoms with Crippen molar-refractivity contribution in [2.45, 2.75) is 13.3 Å². The van der Waals surface area contributed by atoms with Crippen LogP contribution < -0.4 is 5.56 Å². The fourth-order valence-electron chi connectivity index (χ4n) is 0.699. The van der Waals surface area contributed by atoms with Gasteiger partial charge in [0.05, 0.1) is 0 Å². The van der Waals surface area contributed by atoms with Crippen LogP contribution in [0.5, 0.6) is 0 Å². The van der Waals surface area contributed by atoms with Crippen LogP contribution in [0.3, 0.4) is 0 Å². The van der Waals surface area contributed by atoms with E-state index in [9.17, 15) is 4.79 Å². The van der Waals surface area contributed by atoms with Crippen molar-refractivity contribution in [1.82, 2.24) is 4.98 Å². The predicted molar refractivity (Wildman–Crippen MR) is 36.4 cm³/mol. The van der Waals surface area contributed by atoms with Gasteiger partial charge in [0.1, 0.15) is 0 Å². The first-order valence-electron chi connectivity index (χ1n) is 3.01. The molecule has 48 valence electrons. The Hall–Kier alpha value is -1.05. The number of aromatic amines is 1. The number of aromatic nitrogens is 1. The van der Waals surface area contributed by atoms with E-state index < -0.39 is 0 Å². The third kappa shape index (κ3) is 1.42. The van der Waals surface area contributed by atoms with Crippen molar-refractivity contribution in [1.29, 1.82) is 0 Å². The van der Waals surface area contributed by atoms with Crippen molar-refractivity contribution in [3.63, 3.8) is 0 Å². The second-order valence-electron chi connectivity index (χ2n) is 1.89. The summed E-state index contributed by atoms with van der Waals surface area (Å²) in [4.78, 5) is 13.3. The van der Waals surface area contributed by atoms with Gasteiger partial charge in [-0.15, -0.1) is 0 Å². The zero-order chi connectivity index (χ0) is 6.69. The van der Waals surface area contributed by atoms with Crippen molar-refractivity contribution in [3.8, 4) is 0 Å². The van der Waals surface area contributed by atoms with Crippen molar-refractivity contribution in [3.05, 3.63) is 34.2 Å². The van der Waals surface area contributed by atoms with Crippen LogP contribution in [0.1, 0.15) is 12.6 Å². The van der Waals surface area contributed by atoms with Gasteiger partial charge in [0.2, 0.25) is 5.56 Å². The van der Waals surface area contributed by atoms with Gasteiger partial charge in [-0.3, -0.25) is 4.79 Å². The third-order valence-electron chi connectivity index (χ3n) is 1.21. The van der Waals surface area contributed by atoms with E-state index in [0.717, 1.165) is 12.1 Å². The lowest BCUT2D eigenvalue weighted by molar-refractivity contribution is 1.01. The molecule has 0 fully saturated rings. The maximum atomic E-state index is 10.6. The average Bonchev–Trinajstić information content (AvgIpc) is 1.88. The summed E-state index contributed by atoms with van der Waals surface area (Å²) in [5.74, 6) is 0. The van der Waals surface area contributed by atoms with E-state index in [0.29, 0.717) is 0 Å². The summed E-state index contributed by atoms with van der Waals surface area (Å²) < 4.78 is 0. The minimum Gasteiger partial charge on any atom is -0.326 e. The van der Waals surface area contributed by atoms with E-state index in [-0.39, 0.29) is 5.56 Å². The van der Waals surface area contributed by atoms with Crippen molar-refractivity contribution < 1.29 is 0 Å². The van der Waals surface area contributed by atoms with Crippen LogP contribution >= 0.6 is 0 Å². The number of H-pyrrole nitrogens is 1. The number of nitrogens with one attached hydrogen (secondary N) is 1. The van der Waals surface area contributed by atoms with Gasteiger partial charge >= 0.3 is 0 Å². The Morgan fingerprint density at radius 1 is 1.56 bits per heavy atom. The fraction of sp³-hybridized carbons (Fsp3) is 0.286. The van der Waals surface area contributed by atoms with Crippen LogP contribution in [0.4, 0.5) is 0 Å². The minimum absolute atomic E-state index is 0.0191. The summed E-state index contributed by atoms with van der Waals surface area (Å²) in [5, 5.41) is 0. The number of rotatable bonds is 1. The van der Waals surface area contributed by atoms with Crippen molar-refractivity contribution in [2.75, 3.05) is 0 Å². The molecule has 2 heteroatoms. The highest BCUT2D eigenvalue weighted by Gasteiger charge is 1.85. The maximum Gasteiger partial charge on any atom is 0.248 e. The Bertz CT molecular complexity index is 239. The molecule has 1 heterocycles. The summed E-state index contributed by atoms with van der Waals surface area (Å²) in [6.45, 7) is 2.01. The molecule has 0 aromatic carbocycles. The molecular formula is C7H9NO. The normalized spacial score (nSPS) is 9.44. The number of pyridine rings is 1. The maximum absolute atomic E-state index is 10.6. The summed E-state index contributed by atoms with van der Waals surface area (Å²) in [5.41, 5.74) is 0.969. The monoisotopic (exact) mass is 123 g/mol. The van der Waals surface area contributed by atoms with Gasteiger partial charge in [-0.1, -0.05) is 13.0 Å². The van der Waals surface area contributed by atoms with E-state index in [1.54, 1.807) is 6.07 Å². The van der Waals surface area contributed by atoms with E-state index in [1.165, 1.54) is 6.07 Å². The molecule has 0 aliphatic carbocycles. The molecule has 0 aliphatic rings. The van der Waals surface area contributed by atoms with Gasteiger partial charge in [-0.2, -0.15) is 0 Å². The third-order valence-corrected chi connectivity index (χ3v) is 1.21. The zero-order valence-corrected chi connectivity index (χ0v) is 5.35. The van der Waals surface area contributed by atoms with Gasteiger partial charge in [0.15, 0.2) is 0 Å². The predicted octanol–water partition coefficient (Wildman–Crippen LogP) is 0.937. The number of aryl methyl sites for hydroxylation is 1. The molecule has 0 spiro atoms. The molecule has 1 aromatic rings. The van der Waals surface area contributed by atoms with E-state index >= 15 is 0 Å². The summed E-state index contributed by atoms with van der Waals surface area (Å²) in [6.07, 6.45) is 0.885. The average molecular weight is 123 g/mol. The second-order valence-corrected chi connectivity index (χ2v) is 1.89. The molecule has 0 saturated carbocycles. The first kappa shape index (κ1) is 6.08. The smallest absolute Gasteiger partial charge is 0.248 e. The van der Waals surface area contributed by atoms with Crippen LogP contribution in [-0.2, 0) is 6.42 Å². The standard InChI is InChI=1S/C7H9NO/c1-2-6-4-3-5-7(9)8-6/h3-5H,2H2,1H3,(H,8,9). The lowest BCUT2D eigenvalue weighted by Gasteiger charge is -1.90. The molecule has 0 bridgehead atoms. The molecule has 9 heavy (non-hydrogen) atoms. The Labute approximate surface area is 53.5 Å². The number of hydrogen-bond acceptors (Lipinski definition) is 1. The Morgan fingerprint density at radius 2 is 2.33 bits per heavy atom. The van der Waals surface area contributed by atoms with Crippen LogP contribution in [0, 0.1) is 0 Å². The SMILES string of the molecule is CCc1cccc(=O)[nH]1. The van der Waals surface area contributed by atoms with E-state index in [1.807, 2.05) is 13.0 Å². The highest BCUT2D eigenvalue weighted by Crippen LogP contribution is 1.88. The molecule has 0 radical (unpaired) electrons. The second kappa shape index (κ2) is 2.49. The number of hydrogen-bond donors (Lipinski definition) is 1. The molecule has 0 saturated heterocycles. The fourth-order valence-corrected chi connectivity index (χ4v) is 0.699. The summed E-state index contributed by atoms with van der Waals surface area (Å²) >= 11 is 0. The van der Waals surface area contributed by atoms with Crippen molar-refractivity contribution >= 4 is 0 Å². The molecule has 0 aliphatic heterocycles. The molecular weight excluding hydrogens is 114 g/mol. The quantitative estimate of drug-likeness (QED) is 0.592. The lowest BCUT2D eigenvalue weighted by atomic mass is 10.3. The van der Waals surface area contributed by atoms with Crippen LogP contribution in [-0.4, -0.2) is 4.98 Å². The van der Waals surface area contributed by atoms with Gasteiger partial charge in [-0.25, -0.2) is 0 Å². The highest BCUT2D eigenvalue weighted by molar-refractivity contribution is 5.02. The van der Waals surface area contributed by atoms with Crippen LogP contribution in [0.2, 0.25) is 0 Å². The van der Waals surface area contributed by atoms with Crippen molar-refractivity contribution in [2.24, 2.45) is 0 Å². The Kier molecular flexibility index (Phi) is 1.68. The van der Waals surface area contributed by atoms with Crippen LogP contribution in [0.25, 0.3) is 0 Å². The molecule has 0 unspecified atom stereocenters. The first-order chi connectivity index (χ1) is 4.33. The van der Waals surface area contributed by atoms with E-state index in [4.69, 9.17) is 0 Å². The van der Waals surface area contributed by atoms with Gasteiger partial charge < -0.3 is 4.98 Å². The largest absolute Gasteiger partial charge is 0.326 e. The lowest BCUT2D eigenvalue weighted by Crippen LogP contribution is -2.04. The highest BCUT2D eigenvalue weighted by atomic mass is 16.1. The zero-order valence-electron chi connectivity index (χ0n) is 5.35. The molecule has 2 nitrogen and oxygen atoms in total. The molecule has 1 aromatic heterocycles. The Morgan fingerprint density at radius 3 is 2.78 bits per heavy atom. The summed E-state index contributed by atoms with van der Waals surface area (Å²) in [6, 6.07) is 5.18. The van der Waals surface area contributed by atoms with Gasteiger partial charge in [-0.05, 0) is 12.5 Å². The molecule has 0 atom stereocenters. The Balaban J connectivity index is 3.08. The van der Waals surface area contributed by atoms with Gasteiger partial charge in [0.25, 0.3) is 0 Å².